The summed E-state index contributed by atoms with van der Waals surface area (Å²) < 4.78 is 0. The highest BCUT2D eigenvalue weighted by atomic mass is 28.2. The number of benzene rings is 1. The first-order chi connectivity index (χ1) is 5.86. The van der Waals surface area contributed by atoms with Gasteiger partial charge < -0.3 is 0 Å². The molecule has 0 amide bonds. The number of hydrogen-bond donors (Lipinski definition) is 0. The maximum atomic E-state index is 2.22. The summed E-state index contributed by atoms with van der Waals surface area (Å²) in [4.78, 5) is 0. The van der Waals surface area contributed by atoms with Crippen molar-refractivity contribution in [2.24, 2.45) is 0 Å². The highest BCUT2D eigenvalue weighted by molar-refractivity contribution is 6.66. The van der Waals surface area contributed by atoms with Crippen LogP contribution < -0.4 is 0 Å². The second kappa shape index (κ2) is 3.11. The van der Waals surface area contributed by atoms with E-state index in [1.54, 1.807) is 0 Å². The van der Waals surface area contributed by atoms with E-state index < -0.39 is 0 Å². The van der Waals surface area contributed by atoms with Crippen LogP contribution in [0.3, 0.4) is 0 Å². The minimum atomic E-state index is 0.855. The molecule has 0 saturated heterocycles. The van der Waals surface area contributed by atoms with Gasteiger partial charge in [0.25, 0.3) is 0 Å². The van der Waals surface area contributed by atoms with Crippen LogP contribution in [0.5, 0.6) is 0 Å². The molecule has 0 N–H and O–H groups in total. The van der Waals surface area contributed by atoms with Gasteiger partial charge in [0, 0.05) is 0 Å². The Kier molecular flexibility index (Phi) is 1.96. The molecule has 1 heteroatoms. The largest absolute Gasteiger partial charge is 0.112 e. The fourth-order valence-corrected chi connectivity index (χ4v) is 2.14. The number of aryl methyl sites for hydroxylation is 1. The minimum absolute atomic E-state index is 0.855. The molecular formula is C11H10Si. The van der Waals surface area contributed by atoms with Gasteiger partial charge in [-0.2, -0.15) is 0 Å². The molecule has 1 aromatic rings. The third kappa shape index (κ3) is 1.41. The average Bonchev–Trinajstić information content (AvgIpc) is 2.58. The normalized spacial score (nSPS) is 14.9. The Hall–Kier alpha value is -1.08. The third-order valence-electron chi connectivity index (χ3n) is 1.96. The van der Waals surface area contributed by atoms with Crippen LogP contribution in [0.1, 0.15) is 11.1 Å². The van der Waals surface area contributed by atoms with Crippen LogP contribution in [-0.4, -0.2) is 9.52 Å². The molecule has 2 radical (unpaired) electrons. The fraction of sp³-hybridized carbons (Fsp3) is 0.0909. The summed E-state index contributed by atoms with van der Waals surface area (Å²) >= 11 is 0. The van der Waals surface area contributed by atoms with Crippen molar-refractivity contribution in [1.29, 1.82) is 0 Å². The maximum absolute atomic E-state index is 2.22. The number of hydrogen-bond acceptors (Lipinski definition) is 0. The Morgan fingerprint density at radius 1 is 1.08 bits per heavy atom. The van der Waals surface area contributed by atoms with Gasteiger partial charge in [-0.3, -0.25) is 0 Å². The summed E-state index contributed by atoms with van der Waals surface area (Å²) in [6.45, 7) is 2.12. The highest BCUT2D eigenvalue weighted by Gasteiger charge is 2.02. The molecule has 0 nitrogen and oxygen atoms in total. The molecule has 1 aliphatic heterocycles. The molecule has 1 aliphatic rings. The van der Waals surface area contributed by atoms with Crippen LogP contribution >= 0.6 is 0 Å². The van der Waals surface area contributed by atoms with Gasteiger partial charge in [-0.1, -0.05) is 52.9 Å². The SMILES string of the molecule is Cc1ccc(C2=CC=C[Si]2)cc1. The van der Waals surface area contributed by atoms with Gasteiger partial charge in [0.1, 0.15) is 9.52 Å². The molecule has 0 aliphatic carbocycles. The lowest BCUT2D eigenvalue weighted by Crippen LogP contribution is -1.88. The van der Waals surface area contributed by atoms with Crippen molar-refractivity contribution in [1.82, 2.24) is 0 Å². The zero-order chi connectivity index (χ0) is 8.39. The average molecular weight is 170 g/mol. The summed E-state index contributed by atoms with van der Waals surface area (Å²) in [7, 11) is 0.855. The van der Waals surface area contributed by atoms with E-state index in [-0.39, 0.29) is 0 Å². The van der Waals surface area contributed by atoms with Gasteiger partial charge >= 0.3 is 0 Å². The summed E-state index contributed by atoms with van der Waals surface area (Å²) in [5, 5.41) is 1.45. The Labute approximate surface area is 75.4 Å². The Balaban J connectivity index is 2.30. The van der Waals surface area contributed by atoms with Crippen molar-refractivity contribution >= 4 is 14.7 Å². The molecular weight excluding hydrogens is 160 g/mol. The smallest absolute Gasteiger partial charge is 0.0933 e. The van der Waals surface area contributed by atoms with Crippen molar-refractivity contribution in [3.8, 4) is 0 Å². The van der Waals surface area contributed by atoms with Gasteiger partial charge in [0.15, 0.2) is 0 Å². The first-order valence-corrected chi connectivity index (χ1v) is 5.14. The second-order valence-electron chi connectivity index (χ2n) is 2.95. The Bertz CT molecular complexity index is 331. The van der Waals surface area contributed by atoms with Crippen molar-refractivity contribution in [3.05, 3.63) is 53.2 Å². The molecule has 0 atom stereocenters. The van der Waals surface area contributed by atoms with E-state index in [9.17, 15) is 0 Å². The third-order valence-corrected chi connectivity index (χ3v) is 3.09. The van der Waals surface area contributed by atoms with E-state index in [0.29, 0.717) is 0 Å². The zero-order valence-electron chi connectivity index (χ0n) is 7.04. The predicted molar refractivity (Wildman–Crippen MR) is 54.1 cm³/mol. The lowest BCUT2D eigenvalue weighted by molar-refractivity contribution is 1.46. The van der Waals surface area contributed by atoms with Crippen molar-refractivity contribution in [2.45, 2.75) is 6.92 Å². The fourth-order valence-electron chi connectivity index (χ4n) is 1.24. The summed E-state index contributed by atoms with van der Waals surface area (Å²) in [5.74, 6) is 0. The first-order valence-electron chi connectivity index (χ1n) is 4.07. The highest BCUT2D eigenvalue weighted by Crippen LogP contribution is 2.17. The minimum Gasteiger partial charge on any atom is -0.0933 e. The first kappa shape index (κ1) is 7.56. The van der Waals surface area contributed by atoms with Crippen LogP contribution in [0, 0.1) is 6.92 Å². The molecule has 0 unspecified atom stereocenters. The van der Waals surface area contributed by atoms with E-state index in [1.807, 2.05) is 0 Å². The van der Waals surface area contributed by atoms with E-state index in [4.69, 9.17) is 0 Å². The Morgan fingerprint density at radius 2 is 1.83 bits per heavy atom. The second-order valence-corrected chi connectivity index (χ2v) is 4.11. The zero-order valence-corrected chi connectivity index (χ0v) is 8.04. The van der Waals surface area contributed by atoms with Gasteiger partial charge in [-0.05, 0) is 12.5 Å². The summed E-state index contributed by atoms with van der Waals surface area (Å²) in [6, 6.07) is 8.72. The van der Waals surface area contributed by atoms with E-state index in [2.05, 4.69) is 49.0 Å². The number of allylic oxidation sites excluding steroid dienone is 2. The maximum Gasteiger partial charge on any atom is 0.112 e. The predicted octanol–water partition coefficient (Wildman–Crippen LogP) is 2.57. The molecule has 2 rings (SSSR count). The topological polar surface area (TPSA) is 0 Å². The molecule has 0 bridgehead atoms. The molecule has 0 spiro atoms. The van der Waals surface area contributed by atoms with Crippen LogP contribution in [0.25, 0.3) is 5.20 Å². The molecule has 58 valence electrons. The molecule has 0 aromatic heterocycles. The van der Waals surface area contributed by atoms with Crippen LogP contribution in [-0.2, 0) is 0 Å². The summed E-state index contributed by atoms with van der Waals surface area (Å²) in [5.41, 5.74) is 4.91. The van der Waals surface area contributed by atoms with Crippen molar-refractivity contribution < 1.29 is 0 Å². The van der Waals surface area contributed by atoms with E-state index in [1.165, 1.54) is 16.3 Å². The molecule has 12 heavy (non-hydrogen) atoms. The van der Waals surface area contributed by atoms with Crippen LogP contribution in [0.4, 0.5) is 0 Å². The van der Waals surface area contributed by atoms with Crippen molar-refractivity contribution in [2.75, 3.05) is 0 Å². The van der Waals surface area contributed by atoms with Crippen LogP contribution in [0.2, 0.25) is 0 Å². The standard InChI is InChI=1S/C11H10Si/c1-9-4-6-10(7-5-9)11-3-2-8-12-11/h2-8H,1H3. The molecule has 0 saturated carbocycles. The number of rotatable bonds is 1. The van der Waals surface area contributed by atoms with E-state index >= 15 is 0 Å². The van der Waals surface area contributed by atoms with Gasteiger partial charge in [0.05, 0.1) is 0 Å². The molecule has 0 fully saturated rings. The lowest BCUT2D eigenvalue weighted by atomic mass is 10.1. The quantitative estimate of drug-likeness (QED) is 0.568. The molecule has 1 heterocycles. The summed E-state index contributed by atoms with van der Waals surface area (Å²) in [6.07, 6.45) is 4.33. The Morgan fingerprint density at radius 3 is 2.42 bits per heavy atom. The van der Waals surface area contributed by atoms with Gasteiger partial charge in [-0.15, -0.1) is 0 Å². The molecule has 1 aromatic carbocycles. The lowest BCUT2D eigenvalue weighted by Gasteiger charge is -2.00. The van der Waals surface area contributed by atoms with Crippen LogP contribution in [0.15, 0.2) is 42.1 Å². The van der Waals surface area contributed by atoms with E-state index in [0.717, 1.165) is 9.52 Å². The monoisotopic (exact) mass is 170 g/mol. The van der Waals surface area contributed by atoms with Gasteiger partial charge in [-0.25, -0.2) is 0 Å². The van der Waals surface area contributed by atoms with Gasteiger partial charge in [0.2, 0.25) is 0 Å². The van der Waals surface area contributed by atoms with Crippen molar-refractivity contribution in [3.63, 3.8) is 0 Å².